The maximum atomic E-state index is 12.5. The molecule has 1 N–H and O–H groups in total. The van der Waals surface area contributed by atoms with Crippen LogP contribution in [0.1, 0.15) is 30.1 Å². The van der Waals surface area contributed by atoms with Gasteiger partial charge in [0.15, 0.2) is 0 Å². The lowest BCUT2D eigenvalue weighted by Gasteiger charge is -2.37. The van der Waals surface area contributed by atoms with E-state index in [0.717, 1.165) is 23.8 Å². The minimum Gasteiger partial charge on any atom is -0.464 e. The third-order valence-corrected chi connectivity index (χ3v) is 3.91. The molecule has 1 aromatic carbocycles. The van der Waals surface area contributed by atoms with E-state index in [1.54, 1.807) is 17.2 Å². The number of hydrogen-bond donors (Lipinski definition) is 1. The van der Waals surface area contributed by atoms with Gasteiger partial charge >= 0.3 is 0 Å². The standard InChI is InChI=1S/C15H17NO3/c1-10-13(17)3-2-7-16(10)15(18)12-4-5-14-11(9-12)6-8-19-14/h4-6,8-10,13,17H,2-3,7H2,1H3/t10-,13-/m1/s1. The summed E-state index contributed by atoms with van der Waals surface area (Å²) in [6.07, 6.45) is 2.82. The van der Waals surface area contributed by atoms with Crippen LogP contribution in [0.4, 0.5) is 0 Å². The maximum absolute atomic E-state index is 12.5. The Balaban J connectivity index is 1.90. The van der Waals surface area contributed by atoms with Crippen LogP contribution < -0.4 is 0 Å². The first-order valence-electron chi connectivity index (χ1n) is 6.63. The van der Waals surface area contributed by atoms with Crippen molar-refractivity contribution in [3.8, 4) is 0 Å². The first kappa shape index (κ1) is 12.2. The molecule has 1 aromatic heterocycles. The van der Waals surface area contributed by atoms with Crippen molar-refractivity contribution in [2.45, 2.75) is 31.9 Å². The van der Waals surface area contributed by atoms with Crippen molar-refractivity contribution in [1.29, 1.82) is 0 Å². The van der Waals surface area contributed by atoms with E-state index >= 15 is 0 Å². The van der Waals surface area contributed by atoms with Crippen molar-refractivity contribution in [3.63, 3.8) is 0 Å². The maximum Gasteiger partial charge on any atom is 0.254 e. The Morgan fingerprint density at radius 2 is 2.26 bits per heavy atom. The molecule has 3 rings (SSSR count). The lowest BCUT2D eigenvalue weighted by atomic mass is 9.99. The summed E-state index contributed by atoms with van der Waals surface area (Å²) in [6, 6.07) is 7.16. The Labute approximate surface area is 111 Å². The molecule has 0 bridgehead atoms. The van der Waals surface area contributed by atoms with Gasteiger partial charge in [0.05, 0.1) is 18.4 Å². The first-order chi connectivity index (χ1) is 9.16. The van der Waals surface area contributed by atoms with Crippen LogP contribution in [0, 0.1) is 0 Å². The van der Waals surface area contributed by atoms with E-state index in [4.69, 9.17) is 4.42 Å². The fourth-order valence-electron chi connectivity index (χ4n) is 2.68. The zero-order chi connectivity index (χ0) is 13.4. The molecule has 1 saturated heterocycles. The fourth-order valence-corrected chi connectivity index (χ4v) is 2.68. The summed E-state index contributed by atoms with van der Waals surface area (Å²) in [5.74, 6) is -0.0191. The van der Waals surface area contributed by atoms with Crippen LogP contribution in [0.2, 0.25) is 0 Å². The highest BCUT2D eigenvalue weighted by Gasteiger charge is 2.30. The van der Waals surface area contributed by atoms with Gasteiger partial charge in [-0.25, -0.2) is 0 Å². The number of furan rings is 1. The predicted molar refractivity (Wildman–Crippen MR) is 72.0 cm³/mol. The number of rotatable bonds is 1. The molecule has 19 heavy (non-hydrogen) atoms. The highest BCUT2D eigenvalue weighted by molar-refractivity contribution is 5.98. The van der Waals surface area contributed by atoms with Crippen LogP contribution in [0.25, 0.3) is 11.0 Å². The second-order valence-electron chi connectivity index (χ2n) is 5.12. The molecule has 2 aromatic rings. The highest BCUT2D eigenvalue weighted by atomic mass is 16.3. The summed E-state index contributed by atoms with van der Waals surface area (Å²) in [5.41, 5.74) is 1.43. The van der Waals surface area contributed by atoms with Crippen LogP contribution in [-0.2, 0) is 0 Å². The van der Waals surface area contributed by atoms with Gasteiger partial charge in [0, 0.05) is 17.5 Å². The number of nitrogens with zero attached hydrogens (tertiary/aromatic N) is 1. The van der Waals surface area contributed by atoms with E-state index in [1.807, 2.05) is 25.1 Å². The Morgan fingerprint density at radius 1 is 1.42 bits per heavy atom. The van der Waals surface area contributed by atoms with Crippen molar-refractivity contribution in [2.75, 3.05) is 6.54 Å². The number of carbonyl (C=O) groups is 1. The van der Waals surface area contributed by atoms with Crippen molar-refractivity contribution < 1.29 is 14.3 Å². The van der Waals surface area contributed by atoms with Gasteiger partial charge in [0.1, 0.15) is 5.58 Å². The molecule has 1 aliphatic rings. The monoisotopic (exact) mass is 259 g/mol. The number of piperidine rings is 1. The number of aliphatic hydroxyl groups excluding tert-OH is 1. The molecule has 4 nitrogen and oxygen atoms in total. The zero-order valence-corrected chi connectivity index (χ0v) is 10.9. The summed E-state index contributed by atoms with van der Waals surface area (Å²) < 4.78 is 5.27. The summed E-state index contributed by atoms with van der Waals surface area (Å²) in [6.45, 7) is 2.61. The number of benzene rings is 1. The normalized spacial score (nSPS) is 23.8. The smallest absolute Gasteiger partial charge is 0.254 e. The molecule has 0 saturated carbocycles. The van der Waals surface area contributed by atoms with Crippen LogP contribution in [-0.4, -0.2) is 34.6 Å². The van der Waals surface area contributed by atoms with Gasteiger partial charge in [-0.2, -0.15) is 0 Å². The second-order valence-corrected chi connectivity index (χ2v) is 5.12. The lowest BCUT2D eigenvalue weighted by Crippen LogP contribution is -2.49. The third kappa shape index (κ3) is 2.12. The largest absolute Gasteiger partial charge is 0.464 e. The van der Waals surface area contributed by atoms with E-state index in [0.29, 0.717) is 12.1 Å². The van der Waals surface area contributed by atoms with Gasteiger partial charge < -0.3 is 14.4 Å². The summed E-state index contributed by atoms with van der Waals surface area (Å²) >= 11 is 0. The van der Waals surface area contributed by atoms with Crippen molar-refractivity contribution in [3.05, 3.63) is 36.1 Å². The van der Waals surface area contributed by atoms with Crippen LogP contribution in [0.5, 0.6) is 0 Å². The van der Waals surface area contributed by atoms with Crippen LogP contribution >= 0.6 is 0 Å². The Kier molecular flexibility index (Phi) is 3.03. The van der Waals surface area contributed by atoms with Gasteiger partial charge in [0.25, 0.3) is 5.91 Å². The molecule has 4 heteroatoms. The van der Waals surface area contributed by atoms with Gasteiger partial charge in [-0.05, 0) is 44.0 Å². The van der Waals surface area contributed by atoms with Crippen LogP contribution in [0.3, 0.4) is 0 Å². The molecule has 1 aliphatic heterocycles. The molecule has 2 atom stereocenters. The van der Waals surface area contributed by atoms with E-state index in [1.165, 1.54) is 0 Å². The van der Waals surface area contributed by atoms with Crippen molar-refractivity contribution in [2.24, 2.45) is 0 Å². The van der Waals surface area contributed by atoms with Gasteiger partial charge in [-0.3, -0.25) is 4.79 Å². The number of aliphatic hydroxyl groups is 1. The molecule has 100 valence electrons. The summed E-state index contributed by atoms with van der Waals surface area (Å²) in [4.78, 5) is 14.3. The van der Waals surface area contributed by atoms with E-state index in [9.17, 15) is 9.90 Å². The Hall–Kier alpha value is -1.81. The molecule has 0 aliphatic carbocycles. The molecule has 1 amide bonds. The molecule has 1 fully saturated rings. The number of likely N-dealkylation sites (tertiary alicyclic amines) is 1. The quantitative estimate of drug-likeness (QED) is 0.855. The van der Waals surface area contributed by atoms with Crippen molar-refractivity contribution >= 4 is 16.9 Å². The van der Waals surface area contributed by atoms with Gasteiger partial charge in [-0.1, -0.05) is 0 Å². The predicted octanol–water partition coefficient (Wildman–Crippen LogP) is 2.42. The fraction of sp³-hybridized carbons (Fsp3) is 0.400. The van der Waals surface area contributed by atoms with E-state index < -0.39 is 6.10 Å². The Bertz CT molecular complexity index is 604. The summed E-state index contributed by atoms with van der Waals surface area (Å²) in [7, 11) is 0. The number of amides is 1. The number of hydrogen-bond acceptors (Lipinski definition) is 3. The zero-order valence-electron chi connectivity index (χ0n) is 10.9. The van der Waals surface area contributed by atoms with Gasteiger partial charge in [0.2, 0.25) is 0 Å². The lowest BCUT2D eigenvalue weighted by molar-refractivity contribution is 0.0181. The SMILES string of the molecule is C[C@@H]1[C@H](O)CCCN1C(=O)c1ccc2occc2c1. The molecular formula is C15H17NO3. The third-order valence-electron chi connectivity index (χ3n) is 3.91. The number of carbonyl (C=O) groups excluding carboxylic acids is 1. The summed E-state index contributed by atoms with van der Waals surface area (Å²) in [5, 5.41) is 10.8. The van der Waals surface area contributed by atoms with Gasteiger partial charge in [-0.15, -0.1) is 0 Å². The minimum absolute atomic E-state index is 0.0191. The average molecular weight is 259 g/mol. The van der Waals surface area contributed by atoms with Crippen molar-refractivity contribution in [1.82, 2.24) is 4.90 Å². The first-order valence-corrected chi connectivity index (χ1v) is 6.63. The highest BCUT2D eigenvalue weighted by Crippen LogP contribution is 2.22. The molecule has 0 spiro atoms. The number of fused-ring (bicyclic) bond motifs is 1. The molecule has 2 heterocycles. The van der Waals surface area contributed by atoms with Crippen LogP contribution in [0.15, 0.2) is 34.9 Å². The average Bonchev–Trinajstić information content (AvgIpc) is 2.88. The topological polar surface area (TPSA) is 53.7 Å². The minimum atomic E-state index is -0.421. The molecular weight excluding hydrogens is 242 g/mol. The van der Waals surface area contributed by atoms with E-state index in [2.05, 4.69) is 0 Å². The molecule has 0 radical (unpaired) electrons. The van der Waals surface area contributed by atoms with E-state index in [-0.39, 0.29) is 11.9 Å². The Morgan fingerprint density at radius 3 is 3.11 bits per heavy atom. The second kappa shape index (κ2) is 4.70. The molecule has 0 unspecified atom stereocenters.